The van der Waals surface area contributed by atoms with Crippen LogP contribution in [0.1, 0.15) is 41.5 Å². The van der Waals surface area contributed by atoms with Crippen LogP contribution in [0.4, 0.5) is 0 Å². The predicted octanol–water partition coefficient (Wildman–Crippen LogP) is 2.81. The SMILES string of the molecule is Cc1cn2c(n1)[C@@H](CNCc1cnc3c(C)cccn13)CCC2. The number of rotatable bonds is 4. The third-order valence-electron chi connectivity index (χ3n) is 4.75. The van der Waals surface area contributed by atoms with Crippen LogP contribution in [-0.4, -0.2) is 25.5 Å². The van der Waals surface area contributed by atoms with Gasteiger partial charge >= 0.3 is 0 Å². The van der Waals surface area contributed by atoms with E-state index in [0.29, 0.717) is 5.92 Å². The number of hydrogen-bond donors (Lipinski definition) is 1. The van der Waals surface area contributed by atoms with E-state index in [4.69, 9.17) is 4.98 Å². The van der Waals surface area contributed by atoms with Crippen molar-refractivity contribution in [3.05, 3.63) is 53.5 Å². The molecule has 0 aliphatic carbocycles. The van der Waals surface area contributed by atoms with Gasteiger partial charge in [-0.15, -0.1) is 0 Å². The summed E-state index contributed by atoms with van der Waals surface area (Å²) in [5.41, 5.74) is 4.60. The van der Waals surface area contributed by atoms with Gasteiger partial charge < -0.3 is 14.3 Å². The lowest BCUT2D eigenvalue weighted by Gasteiger charge is -2.23. The average Bonchev–Trinajstić information content (AvgIpc) is 3.12. The van der Waals surface area contributed by atoms with E-state index in [9.17, 15) is 0 Å². The minimum Gasteiger partial charge on any atom is -0.334 e. The van der Waals surface area contributed by atoms with Gasteiger partial charge in [-0.2, -0.15) is 0 Å². The Morgan fingerprint density at radius 1 is 1.35 bits per heavy atom. The maximum Gasteiger partial charge on any atom is 0.139 e. The lowest BCUT2D eigenvalue weighted by molar-refractivity contribution is 0.422. The molecule has 1 aliphatic rings. The van der Waals surface area contributed by atoms with E-state index in [2.05, 4.69) is 57.6 Å². The van der Waals surface area contributed by atoms with Crippen LogP contribution in [0.3, 0.4) is 0 Å². The molecule has 0 saturated heterocycles. The summed E-state index contributed by atoms with van der Waals surface area (Å²) in [6, 6.07) is 4.18. The standard InChI is InChI=1S/C18H23N5/c1-13-5-3-8-23-16(11-20-17(13)23)10-19-9-15-6-4-7-22-12-14(2)21-18(15)22/h3,5,8,11-12,15,19H,4,6-7,9-10H2,1-2H3/t15-/m1/s1. The third-order valence-corrected chi connectivity index (χ3v) is 4.75. The molecule has 120 valence electrons. The van der Waals surface area contributed by atoms with E-state index >= 15 is 0 Å². The molecule has 1 aliphatic heterocycles. The second-order valence-electron chi connectivity index (χ2n) is 6.54. The summed E-state index contributed by atoms with van der Waals surface area (Å²) in [6.45, 7) is 7.09. The van der Waals surface area contributed by atoms with E-state index in [0.717, 1.165) is 31.0 Å². The third kappa shape index (κ3) is 2.65. The zero-order valence-electron chi connectivity index (χ0n) is 13.8. The fraction of sp³-hybridized carbons (Fsp3) is 0.444. The van der Waals surface area contributed by atoms with Crippen molar-refractivity contribution in [2.45, 2.75) is 45.7 Å². The summed E-state index contributed by atoms with van der Waals surface area (Å²) in [5.74, 6) is 1.76. The van der Waals surface area contributed by atoms with Crippen LogP contribution in [0.25, 0.3) is 5.65 Å². The number of nitrogens with zero attached hydrogens (tertiary/aromatic N) is 4. The van der Waals surface area contributed by atoms with E-state index in [1.807, 2.05) is 6.20 Å². The molecular formula is C18H23N5. The zero-order chi connectivity index (χ0) is 15.8. The summed E-state index contributed by atoms with van der Waals surface area (Å²) in [5, 5.41) is 3.61. The van der Waals surface area contributed by atoms with Crippen molar-refractivity contribution in [1.29, 1.82) is 0 Å². The quantitative estimate of drug-likeness (QED) is 0.806. The van der Waals surface area contributed by atoms with E-state index in [-0.39, 0.29) is 0 Å². The normalized spacial score (nSPS) is 17.6. The molecule has 1 N–H and O–H groups in total. The number of nitrogens with one attached hydrogen (secondary N) is 1. The Labute approximate surface area is 136 Å². The highest BCUT2D eigenvalue weighted by atomic mass is 15.1. The Hall–Kier alpha value is -2.14. The summed E-state index contributed by atoms with van der Waals surface area (Å²) < 4.78 is 4.50. The lowest BCUT2D eigenvalue weighted by Crippen LogP contribution is -2.26. The summed E-state index contributed by atoms with van der Waals surface area (Å²) in [7, 11) is 0. The Balaban J connectivity index is 1.45. The second kappa shape index (κ2) is 5.81. The molecule has 0 fully saturated rings. The smallest absolute Gasteiger partial charge is 0.139 e. The van der Waals surface area contributed by atoms with Gasteiger partial charge in [-0.3, -0.25) is 0 Å². The Morgan fingerprint density at radius 2 is 2.26 bits per heavy atom. The first-order valence-electron chi connectivity index (χ1n) is 8.38. The first-order valence-corrected chi connectivity index (χ1v) is 8.38. The number of aryl methyl sites for hydroxylation is 3. The molecule has 0 radical (unpaired) electrons. The molecule has 4 rings (SSSR count). The molecule has 0 spiro atoms. The van der Waals surface area contributed by atoms with Crippen molar-refractivity contribution < 1.29 is 0 Å². The molecule has 3 aromatic rings. The number of imidazole rings is 2. The van der Waals surface area contributed by atoms with Gasteiger partial charge in [-0.05, 0) is 38.3 Å². The van der Waals surface area contributed by atoms with Gasteiger partial charge in [-0.25, -0.2) is 9.97 Å². The number of fused-ring (bicyclic) bond motifs is 2. The molecule has 5 heteroatoms. The van der Waals surface area contributed by atoms with E-state index in [1.54, 1.807) is 0 Å². The Bertz CT molecular complexity index is 829. The van der Waals surface area contributed by atoms with Crippen LogP contribution >= 0.6 is 0 Å². The highest BCUT2D eigenvalue weighted by Crippen LogP contribution is 2.26. The van der Waals surface area contributed by atoms with E-state index in [1.165, 1.54) is 29.9 Å². The van der Waals surface area contributed by atoms with Gasteiger partial charge in [0.05, 0.1) is 17.6 Å². The highest BCUT2D eigenvalue weighted by Gasteiger charge is 2.22. The topological polar surface area (TPSA) is 47.2 Å². The van der Waals surface area contributed by atoms with Crippen molar-refractivity contribution in [2.24, 2.45) is 0 Å². The molecular weight excluding hydrogens is 286 g/mol. The van der Waals surface area contributed by atoms with Crippen molar-refractivity contribution in [1.82, 2.24) is 24.3 Å². The van der Waals surface area contributed by atoms with Crippen molar-refractivity contribution in [3.63, 3.8) is 0 Å². The van der Waals surface area contributed by atoms with Gasteiger partial charge in [0.15, 0.2) is 0 Å². The fourth-order valence-electron chi connectivity index (χ4n) is 3.61. The van der Waals surface area contributed by atoms with Gasteiger partial charge in [0.25, 0.3) is 0 Å². The molecule has 3 aromatic heterocycles. The van der Waals surface area contributed by atoms with Crippen LogP contribution in [0.2, 0.25) is 0 Å². The lowest BCUT2D eigenvalue weighted by atomic mass is 9.99. The van der Waals surface area contributed by atoms with E-state index < -0.39 is 0 Å². The van der Waals surface area contributed by atoms with Crippen molar-refractivity contribution in [3.8, 4) is 0 Å². The van der Waals surface area contributed by atoms with Gasteiger partial charge in [0.2, 0.25) is 0 Å². The Kier molecular flexibility index (Phi) is 3.65. The maximum absolute atomic E-state index is 4.72. The molecule has 5 nitrogen and oxygen atoms in total. The van der Waals surface area contributed by atoms with Gasteiger partial charge in [0.1, 0.15) is 11.5 Å². The summed E-state index contributed by atoms with van der Waals surface area (Å²) in [4.78, 5) is 9.24. The fourth-order valence-corrected chi connectivity index (χ4v) is 3.61. The molecule has 23 heavy (non-hydrogen) atoms. The average molecular weight is 309 g/mol. The first-order chi connectivity index (χ1) is 11.2. The number of aromatic nitrogens is 4. The van der Waals surface area contributed by atoms with Crippen LogP contribution in [0.15, 0.2) is 30.7 Å². The summed E-state index contributed by atoms with van der Waals surface area (Å²) in [6.07, 6.45) is 8.69. The van der Waals surface area contributed by atoms with Crippen LogP contribution < -0.4 is 5.32 Å². The van der Waals surface area contributed by atoms with Gasteiger partial charge in [0, 0.05) is 37.9 Å². The second-order valence-corrected chi connectivity index (χ2v) is 6.54. The van der Waals surface area contributed by atoms with Crippen LogP contribution in [0, 0.1) is 13.8 Å². The summed E-state index contributed by atoms with van der Waals surface area (Å²) >= 11 is 0. The molecule has 0 saturated carbocycles. The predicted molar refractivity (Wildman–Crippen MR) is 90.6 cm³/mol. The highest BCUT2D eigenvalue weighted by molar-refractivity contribution is 5.48. The molecule has 0 amide bonds. The monoisotopic (exact) mass is 309 g/mol. The first kappa shape index (κ1) is 14.5. The Morgan fingerprint density at radius 3 is 3.17 bits per heavy atom. The molecule has 1 atom stereocenters. The van der Waals surface area contributed by atoms with Crippen molar-refractivity contribution in [2.75, 3.05) is 6.54 Å². The minimum atomic E-state index is 0.512. The van der Waals surface area contributed by atoms with Crippen LogP contribution in [-0.2, 0) is 13.1 Å². The number of hydrogen-bond acceptors (Lipinski definition) is 3. The number of pyridine rings is 1. The van der Waals surface area contributed by atoms with Crippen molar-refractivity contribution >= 4 is 5.65 Å². The molecule has 0 bridgehead atoms. The minimum absolute atomic E-state index is 0.512. The molecule has 0 unspecified atom stereocenters. The maximum atomic E-state index is 4.72. The largest absolute Gasteiger partial charge is 0.334 e. The molecule has 0 aromatic carbocycles. The van der Waals surface area contributed by atoms with Gasteiger partial charge in [-0.1, -0.05) is 6.07 Å². The van der Waals surface area contributed by atoms with Crippen LogP contribution in [0.5, 0.6) is 0 Å². The zero-order valence-corrected chi connectivity index (χ0v) is 13.8. The molecule has 4 heterocycles.